The maximum Gasteiger partial charge on any atom is 0.341 e. The van der Waals surface area contributed by atoms with Crippen LogP contribution in [-0.2, 0) is 32.4 Å². The number of amides is 1. The van der Waals surface area contributed by atoms with E-state index in [-0.39, 0.29) is 16.3 Å². The summed E-state index contributed by atoms with van der Waals surface area (Å²) in [5.41, 5.74) is 0.927. The zero-order valence-corrected chi connectivity index (χ0v) is 18.8. The first-order valence-electron chi connectivity index (χ1n) is 9.52. The average Bonchev–Trinajstić information content (AvgIpc) is 3.06. The first-order valence-corrected chi connectivity index (χ1v) is 12.2. The van der Waals surface area contributed by atoms with Gasteiger partial charge in [-0.05, 0) is 50.3 Å². The third kappa shape index (κ3) is 4.72. The summed E-state index contributed by atoms with van der Waals surface area (Å²) in [4.78, 5) is 26.3. The number of anilines is 2. The summed E-state index contributed by atoms with van der Waals surface area (Å²) in [7, 11) is -2.77. The molecule has 0 saturated carbocycles. The lowest BCUT2D eigenvalue weighted by Crippen LogP contribution is -2.45. The van der Waals surface area contributed by atoms with Crippen LogP contribution in [0.15, 0.2) is 18.2 Å². The Balaban J connectivity index is 1.95. The van der Waals surface area contributed by atoms with Gasteiger partial charge in [0.2, 0.25) is 15.9 Å². The van der Waals surface area contributed by atoms with E-state index in [1.807, 2.05) is 0 Å². The fraction of sp³-hybridized carbons (Fsp3) is 0.400. The molecule has 168 valence electrons. The molecule has 1 aliphatic rings. The molecule has 0 fully saturated rings. The van der Waals surface area contributed by atoms with Gasteiger partial charge in [-0.25, -0.2) is 22.0 Å². The number of thiophene rings is 1. The van der Waals surface area contributed by atoms with Gasteiger partial charge in [0.15, 0.2) is 11.6 Å². The molecule has 0 spiro atoms. The number of halogens is 2. The Kier molecular flexibility index (Phi) is 6.65. The predicted octanol–water partition coefficient (Wildman–Crippen LogP) is 3.48. The molecule has 1 amide bonds. The Morgan fingerprint density at radius 2 is 1.87 bits per heavy atom. The Hall–Kier alpha value is -2.53. The molecule has 1 aromatic carbocycles. The van der Waals surface area contributed by atoms with E-state index in [9.17, 15) is 26.8 Å². The van der Waals surface area contributed by atoms with Crippen LogP contribution >= 0.6 is 11.3 Å². The van der Waals surface area contributed by atoms with Crippen LogP contribution in [0, 0.1) is 11.6 Å². The second-order valence-corrected chi connectivity index (χ2v) is 10.2. The Labute approximate surface area is 183 Å². The van der Waals surface area contributed by atoms with Gasteiger partial charge in [0.1, 0.15) is 11.0 Å². The van der Waals surface area contributed by atoms with E-state index in [0.29, 0.717) is 16.8 Å². The second kappa shape index (κ2) is 8.91. The smallest absolute Gasteiger partial charge is 0.341 e. The van der Waals surface area contributed by atoms with E-state index in [1.165, 1.54) is 25.4 Å². The van der Waals surface area contributed by atoms with Crippen LogP contribution in [0.2, 0.25) is 0 Å². The SMILES string of the molecule is COC(=O)c1c(NC(=O)[C@H](C)N(c2ccc(F)c(F)c2)S(C)(=O)=O)sc2c1CCCC2. The molecule has 1 heterocycles. The summed E-state index contributed by atoms with van der Waals surface area (Å²) in [5.74, 6) is -3.68. The highest BCUT2D eigenvalue weighted by molar-refractivity contribution is 7.92. The number of nitrogens with zero attached hydrogens (tertiary/aromatic N) is 1. The number of sulfonamides is 1. The Bertz CT molecular complexity index is 1130. The predicted molar refractivity (Wildman–Crippen MR) is 114 cm³/mol. The number of methoxy groups -OCH3 is 1. The molecule has 7 nitrogen and oxygen atoms in total. The number of fused-ring (bicyclic) bond motifs is 1. The highest BCUT2D eigenvalue weighted by Gasteiger charge is 2.32. The van der Waals surface area contributed by atoms with E-state index < -0.39 is 39.6 Å². The molecule has 1 atom stereocenters. The van der Waals surface area contributed by atoms with Crippen molar-refractivity contribution >= 4 is 43.9 Å². The summed E-state index contributed by atoms with van der Waals surface area (Å²) < 4.78 is 57.3. The van der Waals surface area contributed by atoms with Crippen LogP contribution in [0.25, 0.3) is 0 Å². The molecule has 0 radical (unpaired) electrons. The van der Waals surface area contributed by atoms with Crippen molar-refractivity contribution in [3.05, 3.63) is 45.8 Å². The van der Waals surface area contributed by atoms with Crippen LogP contribution in [0.3, 0.4) is 0 Å². The molecule has 3 rings (SSSR count). The lowest BCUT2D eigenvalue weighted by atomic mass is 9.95. The van der Waals surface area contributed by atoms with Crippen LogP contribution in [0.4, 0.5) is 19.5 Å². The molecule has 2 aromatic rings. The van der Waals surface area contributed by atoms with Gasteiger partial charge in [-0.15, -0.1) is 11.3 Å². The number of carbonyl (C=O) groups is 2. The molecule has 31 heavy (non-hydrogen) atoms. The van der Waals surface area contributed by atoms with Crippen LogP contribution in [0.5, 0.6) is 0 Å². The number of benzene rings is 1. The summed E-state index contributed by atoms with van der Waals surface area (Å²) >= 11 is 1.26. The Morgan fingerprint density at radius 1 is 1.19 bits per heavy atom. The van der Waals surface area contributed by atoms with Gasteiger partial charge in [-0.2, -0.15) is 0 Å². The van der Waals surface area contributed by atoms with E-state index in [4.69, 9.17) is 4.74 Å². The zero-order chi connectivity index (χ0) is 22.9. The van der Waals surface area contributed by atoms with Crippen molar-refractivity contribution in [2.24, 2.45) is 0 Å². The zero-order valence-electron chi connectivity index (χ0n) is 17.2. The molecule has 1 N–H and O–H groups in total. The lowest BCUT2D eigenvalue weighted by molar-refractivity contribution is -0.116. The monoisotopic (exact) mass is 472 g/mol. The van der Waals surface area contributed by atoms with Crippen molar-refractivity contribution in [1.29, 1.82) is 0 Å². The van der Waals surface area contributed by atoms with Crippen LogP contribution in [-0.4, -0.2) is 39.7 Å². The normalized spacial score (nSPS) is 14.5. The number of nitrogens with one attached hydrogen (secondary N) is 1. The van der Waals surface area contributed by atoms with Gasteiger partial charge in [0.25, 0.3) is 0 Å². The maximum absolute atomic E-state index is 13.7. The quantitative estimate of drug-likeness (QED) is 0.650. The molecular weight excluding hydrogens is 450 g/mol. The number of ether oxygens (including phenoxy) is 1. The Morgan fingerprint density at radius 3 is 2.48 bits per heavy atom. The van der Waals surface area contributed by atoms with Crippen molar-refractivity contribution in [3.63, 3.8) is 0 Å². The van der Waals surface area contributed by atoms with Gasteiger partial charge in [-0.1, -0.05) is 0 Å². The number of rotatable bonds is 6. The number of hydrogen-bond donors (Lipinski definition) is 1. The van der Waals surface area contributed by atoms with Crippen molar-refractivity contribution in [2.45, 2.75) is 38.6 Å². The van der Waals surface area contributed by atoms with Gasteiger partial charge >= 0.3 is 5.97 Å². The average molecular weight is 473 g/mol. The molecule has 1 aliphatic carbocycles. The fourth-order valence-corrected chi connectivity index (χ4v) is 6.07. The van der Waals surface area contributed by atoms with E-state index in [0.717, 1.165) is 48.1 Å². The molecule has 0 bridgehead atoms. The molecule has 11 heteroatoms. The first kappa shape index (κ1) is 23.1. The molecule has 0 unspecified atom stereocenters. The number of aryl methyl sites for hydroxylation is 1. The maximum atomic E-state index is 13.7. The van der Waals surface area contributed by atoms with Gasteiger partial charge < -0.3 is 10.1 Å². The standard InChI is InChI=1S/C20H22F2N2O5S2/c1-11(24(31(3,27)28)12-8-9-14(21)15(22)10-12)18(25)23-19-17(20(26)29-2)13-6-4-5-7-16(13)30-19/h8-11H,4-7H2,1-3H3,(H,23,25)/t11-/m0/s1. The van der Waals surface area contributed by atoms with Gasteiger partial charge in [-0.3, -0.25) is 9.10 Å². The van der Waals surface area contributed by atoms with Crippen molar-refractivity contribution in [3.8, 4) is 0 Å². The molecule has 0 saturated heterocycles. The second-order valence-electron chi connectivity index (χ2n) is 7.23. The van der Waals surface area contributed by atoms with E-state index in [1.54, 1.807) is 0 Å². The summed E-state index contributed by atoms with van der Waals surface area (Å²) in [6, 6.07) is 1.27. The number of hydrogen-bond acceptors (Lipinski definition) is 6. The molecule has 1 aromatic heterocycles. The van der Waals surface area contributed by atoms with Crippen LogP contribution < -0.4 is 9.62 Å². The molecular formula is C20H22F2N2O5S2. The summed E-state index contributed by atoms with van der Waals surface area (Å²) in [5, 5.41) is 2.92. The minimum atomic E-state index is -4.02. The minimum Gasteiger partial charge on any atom is -0.465 e. The van der Waals surface area contributed by atoms with Crippen molar-refractivity contribution in [2.75, 3.05) is 23.0 Å². The van der Waals surface area contributed by atoms with Crippen molar-refractivity contribution < 1.29 is 31.5 Å². The summed E-state index contributed by atoms with van der Waals surface area (Å²) in [6.45, 7) is 1.32. The number of carbonyl (C=O) groups excluding carboxylic acids is 2. The molecule has 0 aliphatic heterocycles. The lowest BCUT2D eigenvalue weighted by Gasteiger charge is -2.28. The summed E-state index contributed by atoms with van der Waals surface area (Å²) in [6.07, 6.45) is 4.21. The minimum absolute atomic E-state index is 0.192. The van der Waals surface area contributed by atoms with Crippen molar-refractivity contribution in [1.82, 2.24) is 0 Å². The third-order valence-electron chi connectivity index (χ3n) is 5.04. The topological polar surface area (TPSA) is 92.8 Å². The number of esters is 1. The third-order valence-corrected chi connectivity index (χ3v) is 7.49. The first-order chi connectivity index (χ1) is 14.5. The highest BCUT2D eigenvalue weighted by atomic mass is 32.2. The fourth-order valence-electron chi connectivity index (χ4n) is 3.62. The van der Waals surface area contributed by atoms with Gasteiger partial charge in [0, 0.05) is 10.9 Å². The van der Waals surface area contributed by atoms with E-state index in [2.05, 4.69) is 5.32 Å². The van der Waals surface area contributed by atoms with E-state index >= 15 is 0 Å². The van der Waals surface area contributed by atoms with Crippen LogP contribution in [0.1, 0.15) is 40.6 Å². The van der Waals surface area contributed by atoms with Gasteiger partial charge in [0.05, 0.1) is 24.6 Å². The highest BCUT2D eigenvalue weighted by Crippen LogP contribution is 2.38. The largest absolute Gasteiger partial charge is 0.465 e.